The van der Waals surface area contributed by atoms with Gasteiger partial charge in [-0.05, 0) is 22.0 Å². The highest BCUT2D eigenvalue weighted by Gasteiger charge is 2.06. The summed E-state index contributed by atoms with van der Waals surface area (Å²) in [6.07, 6.45) is 1.66. The van der Waals surface area contributed by atoms with Crippen LogP contribution in [0.1, 0.15) is 0 Å². The van der Waals surface area contributed by atoms with Gasteiger partial charge in [0.05, 0.1) is 4.88 Å². The van der Waals surface area contributed by atoms with Gasteiger partial charge in [-0.3, -0.25) is 0 Å². The lowest BCUT2D eigenvalue weighted by atomic mass is 10.2. The summed E-state index contributed by atoms with van der Waals surface area (Å²) in [5, 5.41) is 0. The first-order valence-corrected chi connectivity index (χ1v) is 5.24. The molecule has 1 aromatic heterocycles. The average Bonchev–Trinajstić information content (AvgIpc) is 2.53. The van der Waals surface area contributed by atoms with E-state index < -0.39 is 0 Å². The molecule has 0 aliphatic rings. The minimum Gasteiger partial charge on any atom is -0.237 e. The summed E-state index contributed by atoms with van der Waals surface area (Å²) in [5.74, 6) is -0.210. The summed E-state index contributed by atoms with van der Waals surface area (Å²) >= 11 is 4.66. The van der Waals surface area contributed by atoms with Gasteiger partial charge in [-0.2, -0.15) is 0 Å². The maximum absolute atomic E-state index is 13.2. The number of hydrogen-bond acceptors (Lipinski definition) is 2. The Kier molecular flexibility index (Phi) is 2.42. The van der Waals surface area contributed by atoms with Gasteiger partial charge in [0.2, 0.25) is 0 Å². The van der Waals surface area contributed by atoms with Gasteiger partial charge in [0, 0.05) is 11.8 Å². The van der Waals surface area contributed by atoms with Crippen molar-refractivity contribution in [3.63, 3.8) is 0 Å². The molecule has 13 heavy (non-hydrogen) atoms. The molecular formula is C9H5BrFNS. The Hall–Kier alpha value is -0.740. The second-order valence-electron chi connectivity index (χ2n) is 2.46. The molecule has 0 saturated carbocycles. The number of halogens is 2. The van der Waals surface area contributed by atoms with Gasteiger partial charge in [0.15, 0.2) is 3.92 Å². The van der Waals surface area contributed by atoms with Crippen LogP contribution in [0.5, 0.6) is 0 Å². The van der Waals surface area contributed by atoms with E-state index in [0.717, 1.165) is 8.79 Å². The minimum atomic E-state index is -0.210. The number of aromatic nitrogens is 1. The first kappa shape index (κ1) is 8.84. The van der Waals surface area contributed by atoms with E-state index in [1.807, 2.05) is 6.07 Å². The Labute approximate surface area is 87.4 Å². The van der Waals surface area contributed by atoms with Gasteiger partial charge in [0.1, 0.15) is 5.82 Å². The van der Waals surface area contributed by atoms with Crippen LogP contribution >= 0.6 is 27.3 Å². The molecule has 0 atom stereocenters. The molecule has 66 valence electrons. The van der Waals surface area contributed by atoms with Crippen LogP contribution in [0.3, 0.4) is 0 Å². The zero-order valence-corrected chi connectivity index (χ0v) is 8.90. The topological polar surface area (TPSA) is 12.9 Å². The number of thiazole rings is 1. The van der Waals surface area contributed by atoms with E-state index in [0.29, 0.717) is 5.56 Å². The van der Waals surface area contributed by atoms with E-state index in [1.165, 1.54) is 17.4 Å². The molecule has 0 aliphatic carbocycles. The third-order valence-corrected chi connectivity index (χ3v) is 3.13. The second kappa shape index (κ2) is 3.55. The second-order valence-corrected chi connectivity index (χ2v) is 4.76. The van der Waals surface area contributed by atoms with Crippen LogP contribution in [0.25, 0.3) is 10.4 Å². The first-order chi connectivity index (χ1) is 6.27. The number of benzene rings is 1. The molecule has 0 spiro atoms. The molecule has 1 nitrogen and oxygen atoms in total. The first-order valence-electron chi connectivity index (χ1n) is 3.63. The molecule has 0 unspecified atom stereocenters. The lowest BCUT2D eigenvalue weighted by molar-refractivity contribution is 0.631. The molecule has 0 saturated heterocycles. The smallest absolute Gasteiger partial charge is 0.159 e. The predicted molar refractivity (Wildman–Crippen MR) is 55.2 cm³/mol. The quantitative estimate of drug-likeness (QED) is 0.759. The molecule has 1 heterocycles. The zero-order valence-electron chi connectivity index (χ0n) is 6.50. The van der Waals surface area contributed by atoms with Crippen molar-refractivity contribution in [2.24, 2.45) is 0 Å². The van der Waals surface area contributed by atoms with Crippen LogP contribution in [0.4, 0.5) is 4.39 Å². The van der Waals surface area contributed by atoms with Crippen LogP contribution in [0.15, 0.2) is 34.4 Å². The van der Waals surface area contributed by atoms with Crippen LogP contribution in [0.2, 0.25) is 0 Å². The lowest BCUT2D eigenvalue weighted by Crippen LogP contribution is -1.78. The molecule has 0 bridgehead atoms. The van der Waals surface area contributed by atoms with Crippen molar-refractivity contribution >= 4 is 27.3 Å². The molecule has 0 aliphatic heterocycles. The highest BCUT2D eigenvalue weighted by Crippen LogP contribution is 2.30. The number of nitrogens with zero attached hydrogens (tertiary/aromatic N) is 1. The number of rotatable bonds is 1. The summed E-state index contributed by atoms with van der Waals surface area (Å²) in [6.45, 7) is 0. The van der Waals surface area contributed by atoms with Crippen molar-refractivity contribution in [2.45, 2.75) is 0 Å². The Balaban J connectivity index is 2.52. The van der Waals surface area contributed by atoms with Crippen molar-refractivity contribution in [2.75, 3.05) is 0 Å². The highest BCUT2D eigenvalue weighted by atomic mass is 79.9. The van der Waals surface area contributed by atoms with Crippen molar-refractivity contribution < 1.29 is 4.39 Å². The molecular weight excluding hydrogens is 253 g/mol. The summed E-state index contributed by atoms with van der Waals surface area (Å²) in [6, 6.07) is 6.68. The van der Waals surface area contributed by atoms with Gasteiger partial charge in [-0.15, -0.1) is 11.3 Å². The fourth-order valence-electron chi connectivity index (χ4n) is 1.04. The van der Waals surface area contributed by atoms with E-state index in [9.17, 15) is 4.39 Å². The van der Waals surface area contributed by atoms with E-state index in [-0.39, 0.29) is 5.82 Å². The van der Waals surface area contributed by atoms with Gasteiger partial charge < -0.3 is 0 Å². The molecule has 0 fully saturated rings. The van der Waals surface area contributed by atoms with Crippen LogP contribution in [-0.2, 0) is 0 Å². The lowest BCUT2D eigenvalue weighted by Gasteiger charge is -1.96. The Bertz CT molecular complexity index is 427. The summed E-state index contributed by atoms with van der Waals surface area (Å²) in [4.78, 5) is 4.84. The van der Waals surface area contributed by atoms with Crippen LogP contribution in [-0.4, -0.2) is 4.98 Å². The molecule has 0 N–H and O–H groups in total. The normalized spacial score (nSPS) is 10.3. The molecule has 4 heteroatoms. The van der Waals surface area contributed by atoms with E-state index >= 15 is 0 Å². The molecule has 0 amide bonds. The average molecular weight is 258 g/mol. The van der Waals surface area contributed by atoms with Crippen LogP contribution in [0, 0.1) is 5.82 Å². The molecule has 2 rings (SSSR count). The Morgan fingerprint density at radius 3 is 2.69 bits per heavy atom. The molecule has 0 radical (unpaired) electrons. The Morgan fingerprint density at radius 1 is 1.31 bits per heavy atom. The van der Waals surface area contributed by atoms with Crippen molar-refractivity contribution in [3.8, 4) is 10.4 Å². The SMILES string of the molecule is Fc1ccccc1-c1cnc(Br)s1. The van der Waals surface area contributed by atoms with E-state index in [2.05, 4.69) is 20.9 Å². The monoisotopic (exact) mass is 257 g/mol. The third-order valence-electron chi connectivity index (χ3n) is 1.62. The van der Waals surface area contributed by atoms with E-state index in [1.54, 1.807) is 18.3 Å². The molecule has 1 aromatic carbocycles. The zero-order chi connectivity index (χ0) is 9.26. The molecule has 2 aromatic rings. The van der Waals surface area contributed by atoms with Gasteiger partial charge in [-0.1, -0.05) is 18.2 Å². The maximum atomic E-state index is 13.2. The summed E-state index contributed by atoms with van der Waals surface area (Å²) < 4.78 is 14.0. The Morgan fingerprint density at radius 2 is 2.08 bits per heavy atom. The standard InChI is InChI=1S/C9H5BrFNS/c10-9-12-5-8(13-9)6-3-1-2-4-7(6)11/h1-5H. The third kappa shape index (κ3) is 1.78. The number of hydrogen-bond donors (Lipinski definition) is 0. The predicted octanol–water partition coefficient (Wildman–Crippen LogP) is 3.71. The maximum Gasteiger partial charge on any atom is 0.159 e. The van der Waals surface area contributed by atoms with Crippen LogP contribution < -0.4 is 0 Å². The van der Waals surface area contributed by atoms with Crippen molar-refractivity contribution in [1.29, 1.82) is 0 Å². The van der Waals surface area contributed by atoms with Crippen molar-refractivity contribution in [3.05, 3.63) is 40.2 Å². The largest absolute Gasteiger partial charge is 0.237 e. The summed E-state index contributed by atoms with van der Waals surface area (Å²) in [5.41, 5.74) is 0.603. The summed E-state index contributed by atoms with van der Waals surface area (Å²) in [7, 11) is 0. The minimum absolute atomic E-state index is 0.210. The fraction of sp³-hybridized carbons (Fsp3) is 0. The van der Waals surface area contributed by atoms with Gasteiger partial charge >= 0.3 is 0 Å². The fourth-order valence-corrected chi connectivity index (χ4v) is 2.33. The highest BCUT2D eigenvalue weighted by molar-refractivity contribution is 9.11. The van der Waals surface area contributed by atoms with Gasteiger partial charge in [0.25, 0.3) is 0 Å². The van der Waals surface area contributed by atoms with Crippen molar-refractivity contribution in [1.82, 2.24) is 4.98 Å². The van der Waals surface area contributed by atoms with E-state index in [4.69, 9.17) is 0 Å². The van der Waals surface area contributed by atoms with Gasteiger partial charge in [-0.25, -0.2) is 9.37 Å².